The van der Waals surface area contributed by atoms with Gasteiger partial charge in [-0.05, 0) is 49.6 Å². The molecule has 7 nitrogen and oxygen atoms in total. The van der Waals surface area contributed by atoms with Crippen LogP contribution >= 0.6 is 0 Å². The zero-order valence-corrected chi connectivity index (χ0v) is 17.4. The van der Waals surface area contributed by atoms with Crippen LogP contribution in [0.4, 0.5) is 5.69 Å². The molecule has 3 rings (SSSR count). The number of methoxy groups -OCH3 is 1. The van der Waals surface area contributed by atoms with E-state index in [0.717, 1.165) is 30.9 Å². The summed E-state index contributed by atoms with van der Waals surface area (Å²) in [5.74, 6) is 0.459. The molecule has 0 amide bonds. The minimum Gasteiger partial charge on any atom is -0.495 e. The molecule has 0 saturated carbocycles. The fourth-order valence-corrected chi connectivity index (χ4v) is 4.59. The van der Waals surface area contributed by atoms with Crippen molar-refractivity contribution in [2.45, 2.75) is 18.2 Å². The zero-order chi connectivity index (χ0) is 20.9. The lowest BCUT2D eigenvalue weighted by molar-refractivity contribution is 0.0526. The van der Waals surface area contributed by atoms with Crippen LogP contribution < -0.4 is 14.4 Å². The van der Waals surface area contributed by atoms with Crippen molar-refractivity contribution in [2.24, 2.45) is 5.92 Å². The Morgan fingerprint density at radius 3 is 2.76 bits per heavy atom. The summed E-state index contributed by atoms with van der Waals surface area (Å²) < 4.78 is 38.4. The first kappa shape index (κ1) is 21.1. The van der Waals surface area contributed by atoms with Crippen molar-refractivity contribution in [1.29, 1.82) is 0 Å². The van der Waals surface area contributed by atoms with E-state index in [0.29, 0.717) is 6.54 Å². The summed E-state index contributed by atoms with van der Waals surface area (Å²) in [5.41, 5.74) is 1.24. The SMILES string of the molecule is CCOC(=O)c1cccc(S(=O)(=O)NCC2CCN(c3ccccc3OC)C2)c1. The lowest BCUT2D eigenvalue weighted by Gasteiger charge is -2.21. The van der Waals surface area contributed by atoms with Gasteiger partial charge < -0.3 is 14.4 Å². The number of carbonyl (C=O) groups excluding carboxylic acids is 1. The molecular weight excluding hydrogens is 392 g/mol. The monoisotopic (exact) mass is 418 g/mol. The summed E-state index contributed by atoms with van der Waals surface area (Å²) in [6, 6.07) is 13.7. The molecule has 2 aromatic carbocycles. The minimum absolute atomic E-state index is 0.0580. The average molecular weight is 419 g/mol. The first-order chi connectivity index (χ1) is 13.9. The van der Waals surface area contributed by atoms with Crippen molar-refractivity contribution in [2.75, 3.05) is 38.3 Å². The Bertz CT molecular complexity index is 961. The fourth-order valence-electron chi connectivity index (χ4n) is 3.42. The highest BCUT2D eigenvalue weighted by molar-refractivity contribution is 7.89. The van der Waals surface area contributed by atoms with Crippen LogP contribution in [0.25, 0.3) is 0 Å². The Labute approximate surface area is 171 Å². The van der Waals surface area contributed by atoms with E-state index in [1.165, 1.54) is 12.1 Å². The van der Waals surface area contributed by atoms with Gasteiger partial charge in [0.05, 0.1) is 29.9 Å². The van der Waals surface area contributed by atoms with E-state index in [1.807, 2.05) is 24.3 Å². The molecule has 0 radical (unpaired) electrons. The largest absolute Gasteiger partial charge is 0.495 e. The van der Waals surface area contributed by atoms with E-state index in [1.54, 1.807) is 26.2 Å². The highest BCUT2D eigenvalue weighted by atomic mass is 32.2. The average Bonchev–Trinajstić information content (AvgIpc) is 3.21. The number of hydrogen-bond acceptors (Lipinski definition) is 6. The third kappa shape index (κ3) is 5.07. The van der Waals surface area contributed by atoms with Gasteiger partial charge in [-0.25, -0.2) is 17.9 Å². The number of sulfonamides is 1. The standard InChI is InChI=1S/C21H26N2O5S/c1-3-28-21(24)17-7-6-8-18(13-17)29(25,26)22-14-16-11-12-23(15-16)19-9-4-5-10-20(19)27-2/h4-10,13,16,22H,3,11-12,14-15H2,1-2H3. The third-order valence-corrected chi connectivity index (χ3v) is 6.35. The maximum Gasteiger partial charge on any atom is 0.338 e. The molecule has 8 heteroatoms. The van der Waals surface area contributed by atoms with Crippen LogP contribution in [0.2, 0.25) is 0 Å². The molecule has 2 aromatic rings. The number of carbonyl (C=O) groups is 1. The van der Waals surface area contributed by atoms with Gasteiger partial charge >= 0.3 is 5.97 Å². The normalized spacial score (nSPS) is 16.6. The number of rotatable bonds is 8. The number of nitrogens with one attached hydrogen (secondary N) is 1. The highest BCUT2D eigenvalue weighted by Gasteiger charge is 2.26. The molecule has 0 bridgehead atoms. The second-order valence-corrected chi connectivity index (χ2v) is 8.64. The van der Waals surface area contributed by atoms with Crippen LogP contribution in [0, 0.1) is 5.92 Å². The lowest BCUT2D eigenvalue weighted by atomic mass is 10.1. The Morgan fingerprint density at radius 1 is 1.21 bits per heavy atom. The van der Waals surface area contributed by atoms with Crippen LogP contribution in [-0.2, 0) is 14.8 Å². The molecule has 29 heavy (non-hydrogen) atoms. The van der Waals surface area contributed by atoms with Crippen molar-refractivity contribution in [3.8, 4) is 5.75 Å². The number of para-hydroxylation sites is 2. The highest BCUT2D eigenvalue weighted by Crippen LogP contribution is 2.31. The summed E-state index contributed by atoms with van der Waals surface area (Å²) in [5, 5.41) is 0. The number of nitrogens with zero attached hydrogens (tertiary/aromatic N) is 1. The molecule has 156 valence electrons. The number of anilines is 1. The molecule has 0 aliphatic carbocycles. The van der Waals surface area contributed by atoms with Crippen LogP contribution in [0.5, 0.6) is 5.75 Å². The van der Waals surface area contributed by atoms with Crippen molar-refractivity contribution < 1.29 is 22.7 Å². The van der Waals surface area contributed by atoms with Gasteiger partial charge in [-0.1, -0.05) is 18.2 Å². The van der Waals surface area contributed by atoms with Crippen molar-refractivity contribution >= 4 is 21.7 Å². The van der Waals surface area contributed by atoms with Crippen LogP contribution in [0.3, 0.4) is 0 Å². The molecule has 1 aliphatic heterocycles. The third-order valence-electron chi connectivity index (χ3n) is 4.93. The quantitative estimate of drug-likeness (QED) is 0.664. The van der Waals surface area contributed by atoms with E-state index < -0.39 is 16.0 Å². The Hall–Kier alpha value is -2.58. The van der Waals surface area contributed by atoms with Gasteiger partial charge in [0.15, 0.2) is 0 Å². The number of ether oxygens (including phenoxy) is 2. The molecule has 1 saturated heterocycles. The predicted molar refractivity (Wildman–Crippen MR) is 111 cm³/mol. The molecule has 1 fully saturated rings. The molecule has 1 N–H and O–H groups in total. The molecule has 1 atom stereocenters. The van der Waals surface area contributed by atoms with E-state index in [-0.39, 0.29) is 23.0 Å². The summed E-state index contributed by atoms with van der Waals surface area (Å²) >= 11 is 0. The van der Waals surface area contributed by atoms with Gasteiger partial charge in [0.1, 0.15) is 5.75 Å². The van der Waals surface area contributed by atoms with Gasteiger partial charge in [0.25, 0.3) is 0 Å². The van der Waals surface area contributed by atoms with Gasteiger partial charge in [-0.2, -0.15) is 0 Å². The summed E-state index contributed by atoms with van der Waals surface area (Å²) in [6.07, 6.45) is 0.878. The van der Waals surface area contributed by atoms with Crippen molar-refractivity contribution in [3.63, 3.8) is 0 Å². The van der Waals surface area contributed by atoms with E-state index in [4.69, 9.17) is 9.47 Å². The van der Waals surface area contributed by atoms with Gasteiger partial charge in [0.2, 0.25) is 10.0 Å². The van der Waals surface area contributed by atoms with Crippen molar-refractivity contribution in [3.05, 3.63) is 54.1 Å². The minimum atomic E-state index is -3.71. The summed E-state index contributed by atoms with van der Waals surface area (Å²) in [7, 11) is -2.07. The molecule has 0 spiro atoms. The maximum absolute atomic E-state index is 12.7. The first-order valence-electron chi connectivity index (χ1n) is 9.59. The number of benzene rings is 2. The predicted octanol–water partition coefficient (Wildman–Crippen LogP) is 2.68. The second-order valence-electron chi connectivity index (χ2n) is 6.87. The smallest absolute Gasteiger partial charge is 0.338 e. The van der Waals surface area contributed by atoms with Gasteiger partial charge in [-0.3, -0.25) is 0 Å². The molecule has 1 unspecified atom stereocenters. The molecule has 1 heterocycles. The van der Waals surface area contributed by atoms with Crippen LogP contribution in [-0.4, -0.2) is 47.7 Å². The van der Waals surface area contributed by atoms with E-state index in [2.05, 4.69) is 9.62 Å². The van der Waals surface area contributed by atoms with Crippen LogP contribution in [0.15, 0.2) is 53.4 Å². The number of esters is 1. The van der Waals surface area contributed by atoms with Gasteiger partial charge in [-0.15, -0.1) is 0 Å². The number of hydrogen-bond donors (Lipinski definition) is 1. The second kappa shape index (κ2) is 9.28. The van der Waals surface area contributed by atoms with Crippen LogP contribution in [0.1, 0.15) is 23.7 Å². The Balaban J connectivity index is 1.63. The molecule has 0 aromatic heterocycles. The Kier molecular flexibility index (Phi) is 6.76. The fraction of sp³-hybridized carbons (Fsp3) is 0.381. The van der Waals surface area contributed by atoms with E-state index in [9.17, 15) is 13.2 Å². The zero-order valence-electron chi connectivity index (χ0n) is 16.6. The molecular formula is C21H26N2O5S. The maximum atomic E-state index is 12.7. The van der Waals surface area contributed by atoms with Gasteiger partial charge in [0, 0.05) is 19.6 Å². The Morgan fingerprint density at radius 2 is 2.00 bits per heavy atom. The summed E-state index contributed by atoms with van der Waals surface area (Å²) in [4.78, 5) is 14.1. The van der Waals surface area contributed by atoms with Crippen molar-refractivity contribution in [1.82, 2.24) is 4.72 Å². The first-order valence-corrected chi connectivity index (χ1v) is 11.1. The molecule has 1 aliphatic rings. The lowest BCUT2D eigenvalue weighted by Crippen LogP contribution is -2.31. The van der Waals surface area contributed by atoms with E-state index >= 15 is 0 Å². The summed E-state index contributed by atoms with van der Waals surface area (Å²) in [6.45, 7) is 3.85. The topological polar surface area (TPSA) is 84.9 Å².